The molecule has 1 unspecified atom stereocenters. The van der Waals surface area contributed by atoms with Gasteiger partial charge in [-0.2, -0.15) is 0 Å². The summed E-state index contributed by atoms with van der Waals surface area (Å²) in [4.78, 5) is 12.2. The lowest BCUT2D eigenvalue weighted by molar-refractivity contribution is -0.128. The van der Waals surface area contributed by atoms with Crippen LogP contribution in [0.2, 0.25) is 0 Å². The number of aromatic nitrogens is 1. The molecule has 0 bridgehead atoms. The molecule has 3 nitrogen and oxygen atoms in total. The van der Waals surface area contributed by atoms with Crippen LogP contribution in [-0.4, -0.2) is 10.5 Å². The fourth-order valence-corrected chi connectivity index (χ4v) is 3.51. The predicted octanol–water partition coefficient (Wildman–Crippen LogP) is 6.99. The maximum Gasteiger partial charge on any atom is 0.336 e. The summed E-state index contributed by atoms with van der Waals surface area (Å²) in [6, 6.07) is 12.0. The molecular formula is C26H37NO2. The van der Waals surface area contributed by atoms with E-state index in [0.29, 0.717) is 17.1 Å². The fourth-order valence-electron chi connectivity index (χ4n) is 3.51. The standard InChI is InChI=1S/C26H37NO2/c1-8-25(3,4)19-23(26(5,6)9-2)20-12-15-22(16-13-20)29-24(28)17-14-21-11-10-18-27(21)7/h10-18,23H,8-9,19H2,1-7H3. The molecule has 1 heterocycles. The first-order valence-electron chi connectivity index (χ1n) is 10.7. The van der Waals surface area contributed by atoms with Gasteiger partial charge in [0, 0.05) is 25.0 Å². The van der Waals surface area contributed by atoms with Gasteiger partial charge in [0.1, 0.15) is 5.75 Å². The first-order chi connectivity index (χ1) is 13.6. The number of benzene rings is 1. The van der Waals surface area contributed by atoms with E-state index in [1.165, 1.54) is 11.6 Å². The minimum atomic E-state index is -0.364. The van der Waals surface area contributed by atoms with E-state index < -0.39 is 0 Å². The van der Waals surface area contributed by atoms with Crippen molar-refractivity contribution in [3.8, 4) is 5.75 Å². The van der Waals surface area contributed by atoms with Crippen molar-refractivity contribution in [2.75, 3.05) is 0 Å². The van der Waals surface area contributed by atoms with Crippen LogP contribution < -0.4 is 4.74 Å². The Balaban J connectivity index is 2.12. The lowest BCUT2D eigenvalue weighted by atomic mass is 9.66. The van der Waals surface area contributed by atoms with Crippen LogP contribution in [0.15, 0.2) is 48.7 Å². The van der Waals surface area contributed by atoms with Crippen LogP contribution in [0.1, 0.15) is 78.0 Å². The molecule has 0 fully saturated rings. The van der Waals surface area contributed by atoms with Crippen molar-refractivity contribution in [3.63, 3.8) is 0 Å². The summed E-state index contributed by atoms with van der Waals surface area (Å²) in [5, 5.41) is 0. The Morgan fingerprint density at radius 3 is 2.24 bits per heavy atom. The van der Waals surface area contributed by atoms with Crippen LogP contribution >= 0.6 is 0 Å². The van der Waals surface area contributed by atoms with Gasteiger partial charge >= 0.3 is 5.97 Å². The second-order valence-electron chi connectivity index (χ2n) is 9.48. The van der Waals surface area contributed by atoms with E-state index in [1.54, 1.807) is 6.08 Å². The highest BCUT2D eigenvalue weighted by Crippen LogP contribution is 2.46. The van der Waals surface area contributed by atoms with Crippen LogP contribution in [0.5, 0.6) is 5.75 Å². The van der Waals surface area contributed by atoms with Gasteiger partial charge in [-0.3, -0.25) is 0 Å². The Morgan fingerprint density at radius 1 is 1.07 bits per heavy atom. The van der Waals surface area contributed by atoms with Gasteiger partial charge in [-0.1, -0.05) is 66.5 Å². The Hall–Kier alpha value is -2.29. The van der Waals surface area contributed by atoms with Crippen molar-refractivity contribution in [2.45, 2.75) is 66.7 Å². The van der Waals surface area contributed by atoms with Crippen LogP contribution in [0.4, 0.5) is 0 Å². The SMILES string of the molecule is CCC(C)(C)CC(c1ccc(OC(=O)C=Cc2cccn2C)cc1)C(C)(C)CC. The van der Waals surface area contributed by atoms with Crippen molar-refractivity contribution in [2.24, 2.45) is 17.9 Å². The molecular weight excluding hydrogens is 358 g/mol. The topological polar surface area (TPSA) is 31.2 Å². The number of carbonyl (C=O) groups excluding carboxylic acids is 1. The quantitative estimate of drug-likeness (QED) is 0.260. The van der Waals surface area contributed by atoms with Crippen molar-refractivity contribution in [1.82, 2.24) is 4.57 Å². The number of aryl methyl sites for hydroxylation is 1. The summed E-state index contributed by atoms with van der Waals surface area (Å²) in [7, 11) is 1.94. The first-order valence-corrected chi connectivity index (χ1v) is 10.7. The summed E-state index contributed by atoms with van der Waals surface area (Å²) in [6.45, 7) is 13.9. The third kappa shape index (κ3) is 6.35. The van der Waals surface area contributed by atoms with Gasteiger partial charge in [0.05, 0.1) is 0 Å². The molecule has 3 heteroatoms. The van der Waals surface area contributed by atoms with Crippen LogP contribution in [0.25, 0.3) is 6.08 Å². The number of hydrogen-bond acceptors (Lipinski definition) is 2. The van der Waals surface area contributed by atoms with E-state index in [2.05, 4.69) is 53.7 Å². The molecule has 0 aliphatic heterocycles. The summed E-state index contributed by atoms with van der Waals surface area (Å²) in [6.07, 6.45) is 8.60. The predicted molar refractivity (Wildman–Crippen MR) is 122 cm³/mol. The molecule has 29 heavy (non-hydrogen) atoms. The van der Waals surface area contributed by atoms with Gasteiger partial charge in [0.15, 0.2) is 0 Å². The third-order valence-corrected chi connectivity index (χ3v) is 6.44. The second-order valence-corrected chi connectivity index (χ2v) is 9.48. The number of esters is 1. The molecule has 158 valence electrons. The number of rotatable bonds is 9. The van der Waals surface area contributed by atoms with Crippen molar-refractivity contribution in [3.05, 3.63) is 59.9 Å². The van der Waals surface area contributed by atoms with Crippen LogP contribution in [-0.2, 0) is 11.8 Å². The molecule has 0 amide bonds. The number of nitrogens with zero attached hydrogens (tertiary/aromatic N) is 1. The summed E-state index contributed by atoms with van der Waals surface area (Å²) >= 11 is 0. The molecule has 0 N–H and O–H groups in total. The molecule has 1 atom stereocenters. The Kier molecular flexibility index (Phi) is 7.51. The van der Waals surface area contributed by atoms with Gasteiger partial charge < -0.3 is 9.30 Å². The Labute approximate surface area is 176 Å². The smallest absolute Gasteiger partial charge is 0.336 e. The fraction of sp³-hybridized carbons (Fsp3) is 0.500. The lowest BCUT2D eigenvalue weighted by Gasteiger charge is -2.39. The summed E-state index contributed by atoms with van der Waals surface area (Å²) in [5.41, 5.74) is 2.78. The molecule has 0 aliphatic rings. The molecule has 1 aromatic heterocycles. The zero-order valence-electron chi connectivity index (χ0n) is 19.2. The number of carbonyl (C=O) groups is 1. The van der Waals surface area contributed by atoms with E-state index in [4.69, 9.17) is 4.74 Å². The van der Waals surface area contributed by atoms with Crippen molar-refractivity contribution >= 4 is 12.0 Å². The highest BCUT2D eigenvalue weighted by Gasteiger charge is 2.33. The van der Waals surface area contributed by atoms with Crippen molar-refractivity contribution < 1.29 is 9.53 Å². The molecule has 1 aromatic carbocycles. The minimum absolute atomic E-state index is 0.211. The Morgan fingerprint density at radius 2 is 1.72 bits per heavy atom. The average molecular weight is 396 g/mol. The third-order valence-electron chi connectivity index (χ3n) is 6.44. The van der Waals surface area contributed by atoms with Crippen LogP contribution in [0, 0.1) is 10.8 Å². The maximum absolute atomic E-state index is 12.2. The minimum Gasteiger partial charge on any atom is -0.423 e. The van der Waals surface area contributed by atoms with E-state index >= 15 is 0 Å². The summed E-state index contributed by atoms with van der Waals surface area (Å²) in [5.74, 6) is 0.680. The molecule has 0 saturated carbocycles. The van der Waals surface area contributed by atoms with E-state index in [0.717, 1.165) is 25.0 Å². The molecule has 2 aromatic rings. The highest BCUT2D eigenvalue weighted by atomic mass is 16.5. The van der Waals surface area contributed by atoms with Gasteiger partial charge in [0.25, 0.3) is 0 Å². The second kappa shape index (κ2) is 9.47. The molecule has 0 spiro atoms. The van der Waals surface area contributed by atoms with Crippen LogP contribution in [0.3, 0.4) is 0 Å². The van der Waals surface area contributed by atoms with E-state index in [1.807, 2.05) is 42.1 Å². The van der Waals surface area contributed by atoms with E-state index in [9.17, 15) is 4.79 Å². The molecule has 0 saturated heterocycles. The maximum atomic E-state index is 12.2. The average Bonchev–Trinajstić information content (AvgIpc) is 3.10. The monoisotopic (exact) mass is 395 g/mol. The van der Waals surface area contributed by atoms with Gasteiger partial charge in [-0.05, 0) is 59.1 Å². The zero-order chi connectivity index (χ0) is 21.7. The highest BCUT2D eigenvalue weighted by molar-refractivity contribution is 5.88. The number of hydrogen-bond donors (Lipinski definition) is 0. The Bertz CT molecular complexity index is 825. The van der Waals surface area contributed by atoms with Gasteiger partial charge in [0.2, 0.25) is 0 Å². The largest absolute Gasteiger partial charge is 0.423 e. The number of ether oxygens (including phenoxy) is 1. The van der Waals surface area contributed by atoms with E-state index in [-0.39, 0.29) is 11.4 Å². The zero-order valence-corrected chi connectivity index (χ0v) is 19.2. The normalized spacial score (nSPS) is 13.6. The van der Waals surface area contributed by atoms with Gasteiger partial charge in [-0.25, -0.2) is 4.79 Å². The first kappa shape index (κ1) is 23.0. The summed E-state index contributed by atoms with van der Waals surface area (Å²) < 4.78 is 7.44. The lowest BCUT2D eigenvalue weighted by Crippen LogP contribution is -2.27. The van der Waals surface area contributed by atoms with Crippen molar-refractivity contribution in [1.29, 1.82) is 0 Å². The molecule has 2 rings (SSSR count). The molecule has 0 radical (unpaired) electrons. The molecule has 0 aliphatic carbocycles. The van der Waals surface area contributed by atoms with Gasteiger partial charge in [-0.15, -0.1) is 0 Å².